The Labute approximate surface area is 203 Å². The number of carbonyl (C=O) groups is 3. The number of likely N-dealkylation sites (tertiary alicyclic amines) is 1. The Kier molecular flexibility index (Phi) is 8.56. The van der Waals surface area contributed by atoms with Crippen molar-refractivity contribution in [3.8, 4) is 21.9 Å². The molecule has 2 aromatic rings. The van der Waals surface area contributed by atoms with E-state index in [1.807, 2.05) is 36.1 Å². The Morgan fingerprint density at radius 1 is 1.21 bits per heavy atom. The summed E-state index contributed by atoms with van der Waals surface area (Å²) >= 11 is 4.36. The molecule has 0 saturated carbocycles. The molecule has 1 aromatic heterocycles. The molecule has 11 heteroatoms. The van der Waals surface area contributed by atoms with Crippen LogP contribution in [-0.2, 0) is 4.79 Å². The normalized spacial score (nSPS) is 14.1. The van der Waals surface area contributed by atoms with Crippen molar-refractivity contribution >= 4 is 45.2 Å². The predicted molar refractivity (Wildman–Crippen MR) is 126 cm³/mol. The number of carbonyl (C=O) groups excluding carboxylic acids is 1. The number of hydrogen-bond donors (Lipinski definition) is 3. The van der Waals surface area contributed by atoms with Gasteiger partial charge in [-0.2, -0.15) is 0 Å². The Morgan fingerprint density at radius 2 is 1.94 bits per heavy atom. The number of nitrogens with zero attached hydrogens (tertiary/aromatic N) is 1. The largest absolute Gasteiger partial charge is 0.493 e. The van der Waals surface area contributed by atoms with E-state index < -0.39 is 18.5 Å². The van der Waals surface area contributed by atoms with Gasteiger partial charge in [-0.15, -0.1) is 11.3 Å². The van der Waals surface area contributed by atoms with Crippen LogP contribution in [0, 0.1) is 5.92 Å². The van der Waals surface area contributed by atoms with Gasteiger partial charge >= 0.3 is 18.0 Å². The van der Waals surface area contributed by atoms with Crippen molar-refractivity contribution in [3.63, 3.8) is 0 Å². The van der Waals surface area contributed by atoms with Gasteiger partial charge in [0.25, 0.3) is 0 Å². The van der Waals surface area contributed by atoms with Gasteiger partial charge in [-0.05, 0) is 59.3 Å². The number of halogens is 1. The van der Waals surface area contributed by atoms with Crippen LogP contribution in [0.2, 0.25) is 0 Å². The first kappa shape index (κ1) is 24.8. The molecule has 0 bridgehead atoms. The SMILES string of the molecule is CCNC(=O)N1CCC(COc2cccc(-c3sc(C(=O)O)c(OCC(=O)O)c3Br)c2)CC1. The standard InChI is InChI=1S/C22H25BrN2O7S/c1-2-24-22(30)25-8-6-13(7-9-25)11-31-15-5-3-4-14(10-15)19-17(23)18(32-12-16(26)27)20(33-19)21(28)29/h3-5,10,13H,2,6-9,11-12H2,1H3,(H,24,30)(H,26,27)(H,28,29). The molecule has 3 rings (SSSR count). The zero-order valence-electron chi connectivity index (χ0n) is 18.0. The average Bonchev–Trinajstić information content (AvgIpc) is 3.13. The summed E-state index contributed by atoms with van der Waals surface area (Å²) in [6, 6.07) is 7.24. The highest BCUT2D eigenvalue weighted by Gasteiger charge is 2.25. The molecule has 2 amide bonds. The van der Waals surface area contributed by atoms with E-state index in [9.17, 15) is 19.5 Å². The van der Waals surface area contributed by atoms with Gasteiger partial charge in [0.15, 0.2) is 17.2 Å². The molecule has 0 unspecified atom stereocenters. The summed E-state index contributed by atoms with van der Waals surface area (Å²) < 4.78 is 11.6. The Morgan fingerprint density at radius 3 is 2.58 bits per heavy atom. The van der Waals surface area contributed by atoms with E-state index in [0.29, 0.717) is 47.3 Å². The highest BCUT2D eigenvalue weighted by molar-refractivity contribution is 9.10. The van der Waals surface area contributed by atoms with E-state index in [1.54, 1.807) is 0 Å². The number of amides is 2. The monoisotopic (exact) mass is 540 g/mol. The number of thiophene rings is 1. The summed E-state index contributed by atoms with van der Waals surface area (Å²) in [5, 5.41) is 21.2. The molecule has 0 radical (unpaired) electrons. The molecule has 33 heavy (non-hydrogen) atoms. The highest BCUT2D eigenvalue weighted by atomic mass is 79.9. The van der Waals surface area contributed by atoms with Crippen molar-refractivity contribution in [2.75, 3.05) is 32.8 Å². The topological polar surface area (TPSA) is 125 Å². The lowest BCUT2D eigenvalue weighted by molar-refractivity contribution is -0.139. The minimum absolute atomic E-state index is 0.00455. The summed E-state index contributed by atoms with van der Waals surface area (Å²) in [5.41, 5.74) is 0.725. The van der Waals surface area contributed by atoms with Gasteiger partial charge in [-0.3, -0.25) is 0 Å². The quantitative estimate of drug-likeness (QED) is 0.435. The fourth-order valence-electron chi connectivity index (χ4n) is 3.49. The van der Waals surface area contributed by atoms with E-state index in [2.05, 4.69) is 21.2 Å². The summed E-state index contributed by atoms with van der Waals surface area (Å²) in [4.78, 5) is 36.7. The average molecular weight is 541 g/mol. The van der Waals surface area contributed by atoms with Crippen LogP contribution in [-0.4, -0.2) is 65.9 Å². The van der Waals surface area contributed by atoms with Gasteiger partial charge in [-0.25, -0.2) is 14.4 Å². The van der Waals surface area contributed by atoms with Gasteiger partial charge in [0.2, 0.25) is 0 Å². The molecular formula is C22H25BrN2O7S. The summed E-state index contributed by atoms with van der Waals surface area (Å²) in [6.45, 7) is 3.77. The number of nitrogens with one attached hydrogen (secondary N) is 1. The van der Waals surface area contributed by atoms with Gasteiger partial charge in [0, 0.05) is 19.6 Å². The Hall–Kier alpha value is -2.79. The number of aromatic carboxylic acids is 1. The first-order chi connectivity index (χ1) is 15.8. The number of benzene rings is 1. The first-order valence-corrected chi connectivity index (χ1v) is 12.1. The van der Waals surface area contributed by atoms with Crippen molar-refractivity contribution < 1.29 is 34.1 Å². The number of carboxylic acids is 2. The molecule has 0 spiro atoms. The van der Waals surface area contributed by atoms with Gasteiger partial charge in [0.1, 0.15) is 5.75 Å². The number of hydrogen-bond acceptors (Lipinski definition) is 6. The zero-order valence-corrected chi connectivity index (χ0v) is 20.4. The zero-order chi connectivity index (χ0) is 24.0. The lowest BCUT2D eigenvalue weighted by Gasteiger charge is -2.31. The summed E-state index contributed by atoms with van der Waals surface area (Å²) in [6.07, 6.45) is 1.72. The first-order valence-electron chi connectivity index (χ1n) is 10.5. The number of carboxylic acid groups (broad SMARTS) is 2. The number of piperidine rings is 1. The second kappa shape index (κ2) is 11.4. The van der Waals surface area contributed by atoms with Crippen LogP contribution >= 0.6 is 27.3 Å². The van der Waals surface area contributed by atoms with Crippen molar-refractivity contribution in [2.45, 2.75) is 19.8 Å². The minimum Gasteiger partial charge on any atom is -0.493 e. The Bertz CT molecular complexity index is 1020. The van der Waals surface area contributed by atoms with Crippen molar-refractivity contribution in [1.29, 1.82) is 0 Å². The minimum atomic E-state index is -1.20. The molecular weight excluding hydrogens is 516 g/mol. The van der Waals surface area contributed by atoms with Crippen LogP contribution in [0.3, 0.4) is 0 Å². The van der Waals surface area contributed by atoms with Gasteiger partial charge < -0.3 is 29.9 Å². The van der Waals surface area contributed by atoms with Crippen molar-refractivity contribution in [3.05, 3.63) is 33.6 Å². The van der Waals surface area contributed by atoms with E-state index in [1.165, 1.54) is 0 Å². The van der Waals surface area contributed by atoms with E-state index in [-0.39, 0.29) is 16.7 Å². The fraction of sp³-hybridized carbons (Fsp3) is 0.409. The van der Waals surface area contributed by atoms with Crippen molar-refractivity contribution in [2.24, 2.45) is 5.92 Å². The van der Waals surface area contributed by atoms with Crippen LogP contribution in [0.25, 0.3) is 10.4 Å². The van der Waals surface area contributed by atoms with Crippen LogP contribution in [0.4, 0.5) is 4.79 Å². The van der Waals surface area contributed by atoms with Gasteiger partial charge in [-0.1, -0.05) is 12.1 Å². The maximum atomic E-state index is 11.9. The third kappa shape index (κ3) is 6.38. The second-order valence-corrected chi connectivity index (χ2v) is 9.31. The maximum absolute atomic E-state index is 11.9. The fourth-order valence-corrected chi connectivity index (χ4v) is 5.38. The van der Waals surface area contributed by atoms with Crippen LogP contribution in [0.1, 0.15) is 29.4 Å². The molecule has 0 aliphatic carbocycles. The molecule has 1 fully saturated rings. The second-order valence-electron chi connectivity index (χ2n) is 7.50. The molecule has 3 N–H and O–H groups in total. The Balaban J connectivity index is 1.67. The smallest absolute Gasteiger partial charge is 0.349 e. The molecule has 0 atom stereocenters. The highest BCUT2D eigenvalue weighted by Crippen LogP contribution is 2.46. The lowest BCUT2D eigenvalue weighted by Crippen LogP contribution is -2.45. The van der Waals surface area contributed by atoms with E-state index in [4.69, 9.17) is 14.6 Å². The summed E-state index contributed by atoms with van der Waals surface area (Å²) in [7, 11) is 0. The molecule has 1 aliphatic rings. The van der Waals surface area contributed by atoms with E-state index in [0.717, 1.165) is 29.7 Å². The van der Waals surface area contributed by atoms with Crippen molar-refractivity contribution in [1.82, 2.24) is 10.2 Å². The third-order valence-electron chi connectivity index (χ3n) is 5.15. The molecule has 2 heterocycles. The third-order valence-corrected chi connectivity index (χ3v) is 7.38. The van der Waals surface area contributed by atoms with E-state index >= 15 is 0 Å². The number of ether oxygens (including phenoxy) is 2. The molecule has 9 nitrogen and oxygen atoms in total. The summed E-state index contributed by atoms with van der Waals surface area (Å²) in [5.74, 6) is -1.42. The number of rotatable bonds is 9. The number of urea groups is 1. The van der Waals surface area contributed by atoms with Crippen LogP contribution in [0.15, 0.2) is 28.7 Å². The van der Waals surface area contributed by atoms with Crippen LogP contribution in [0.5, 0.6) is 11.5 Å². The molecule has 178 valence electrons. The lowest BCUT2D eigenvalue weighted by atomic mass is 9.98. The molecule has 1 aromatic carbocycles. The number of aliphatic carboxylic acids is 1. The van der Waals surface area contributed by atoms with Crippen LogP contribution < -0.4 is 14.8 Å². The van der Waals surface area contributed by atoms with Gasteiger partial charge in [0.05, 0.1) is 16.0 Å². The molecule has 1 aliphatic heterocycles. The molecule has 1 saturated heterocycles. The maximum Gasteiger partial charge on any atom is 0.349 e. The predicted octanol–water partition coefficient (Wildman–Crippen LogP) is 4.16.